The molecule has 2 unspecified atom stereocenters. The van der Waals surface area contributed by atoms with Gasteiger partial charge in [0.1, 0.15) is 0 Å². The van der Waals surface area contributed by atoms with Crippen LogP contribution in [0.1, 0.15) is 44.9 Å². The number of hydrogen-bond acceptors (Lipinski definition) is 3. The fourth-order valence-electron chi connectivity index (χ4n) is 4.12. The molecule has 0 saturated carbocycles. The summed E-state index contributed by atoms with van der Waals surface area (Å²) in [5.74, 6) is -0.465. The lowest BCUT2D eigenvalue weighted by atomic mass is 9.88. The lowest BCUT2D eigenvalue weighted by Gasteiger charge is -2.34. The first-order chi connectivity index (χ1) is 9.61. The molecule has 2 bridgehead atoms. The Balaban J connectivity index is 1.52. The average molecular weight is 280 g/mol. The van der Waals surface area contributed by atoms with Crippen LogP contribution in [0.5, 0.6) is 0 Å². The molecule has 5 heteroatoms. The number of fused-ring (bicyclic) bond motifs is 2. The molecule has 0 aromatic carbocycles. The third-order valence-corrected chi connectivity index (χ3v) is 5.16. The van der Waals surface area contributed by atoms with Gasteiger partial charge in [-0.3, -0.25) is 9.59 Å². The number of carbonyl (C=O) groups excluding carboxylic acids is 1. The molecule has 3 atom stereocenters. The zero-order valence-electron chi connectivity index (χ0n) is 11.9. The highest BCUT2D eigenvalue weighted by Gasteiger charge is 2.35. The van der Waals surface area contributed by atoms with Crippen LogP contribution in [0.25, 0.3) is 0 Å². The number of carbonyl (C=O) groups is 2. The lowest BCUT2D eigenvalue weighted by Crippen LogP contribution is -2.44. The van der Waals surface area contributed by atoms with E-state index in [0.29, 0.717) is 37.4 Å². The molecular formula is C15H24N2O3. The van der Waals surface area contributed by atoms with Crippen molar-refractivity contribution in [3.8, 4) is 0 Å². The Hall–Kier alpha value is -1.10. The van der Waals surface area contributed by atoms with Crippen molar-refractivity contribution < 1.29 is 14.7 Å². The van der Waals surface area contributed by atoms with Gasteiger partial charge in [0.2, 0.25) is 5.91 Å². The van der Waals surface area contributed by atoms with Crippen molar-refractivity contribution in [1.29, 1.82) is 0 Å². The van der Waals surface area contributed by atoms with Gasteiger partial charge in [0.15, 0.2) is 0 Å². The molecule has 0 radical (unpaired) electrons. The van der Waals surface area contributed by atoms with Crippen LogP contribution in [0, 0.1) is 11.8 Å². The summed E-state index contributed by atoms with van der Waals surface area (Å²) in [6.07, 6.45) is 6.86. The van der Waals surface area contributed by atoms with E-state index in [-0.39, 0.29) is 11.8 Å². The first-order valence-electron chi connectivity index (χ1n) is 7.88. The van der Waals surface area contributed by atoms with E-state index in [9.17, 15) is 9.59 Å². The van der Waals surface area contributed by atoms with Gasteiger partial charge in [0.05, 0.1) is 5.92 Å². The Kier molecular flexibility index (Phi) is 3.96. The predicted molar refractivity (Wildman–Crippen MR) is 74.2 cm³/mol. The molecule has 0 aliphatic carbocycles. The van der Waals surface area contributed by atoms with Crippen molar-refractivity contribution in [3.63, 3.8) is 0 Å². The maximum atomic E-state index is 12.4. The molecular weight excluding hydrogens is 256 g/mol. The van der Waals surface area contributed by atoms with Crippen LogP contribution in [0.3, 0.4) is 0 Å². The number of likely N-dealkylation sites (tertiary alicyclic amines) is 1. The van der Waals surface area contributed by atoms with Crippen LogP contribution in [0.4, 0.5) is 0 Å². The van der Waals surface area contributed by atoms with E-state index < -0.39 is 5.97 Å². The Morgan fingerprint density at radius 1 is 1.15 bits per heavy atom. The smallest absolute Gasteiger partial charge is 0.308 e. The molecule has 1 amide bonds. The number of carboxylic acid groups (broad SMARTS) is 1. The molecule has 3 fully saturated rings. The van der Waals surface area contributed by atoms with Crippen LogP contribution in [-0.2, 0) is 9.59 Å². The number of nitrogens with one attached hydrogen (secondary N) is 1. The van der Waals surface area contributed by atoms with E-state index >= 15 is 0 Å². The summed E-state index contributed by atoms with van der Waals surface area (Å²) in [7, 11) is 0. The maximum Gasteiger partial charge on any atom is 0.308 e. The van der Waals surface area contributed by atoms with E-state index in [1.165, 1.54) is 12.8 Å². The zero-order chi connectivity index (χ0) is 14.1. The summed E-state index contributed by atoms with van der Waals surface area (Å²) < 4.78 is 0. The second-order valence-corrected chi connectivity index (χ2v) is 6.70. The lowest BCUT2D eigenvalue weighted by molar-refractivity contribution is -0.146. The average Bonchev–Trinajstić information content (AvgIpc) is 2.78. The van der Waals surface area contributed by atoms with Crippen LogP contribution in [0.15, 0.2) is 0 Å². The molecule has 0 aromatic heterocycles. The van der Waals surface area contributed by atoms with E-state index in [2.05, 4.69) is 5.32 Å². The summed E-state index contributed by atoms with van der Waals surface area (Å²) in [5, 5.41) is 12.7. The highest BCUT2D eigenvalue weighted by molar-refractivity contribution is 5.78. The minimum atomic E-state index is -0.762. The standard InChI is InChI=1S/C15H24N2O3/c18-14(17-5-1-2-11(9-17)15(19)20)8-10-6-12-3-4-13(7-10)16-12/h10-13,16H,1-9H2,(H,19,20)/t10?,11-,12?,13?/m1/s1. The molecule has 3 aliphatic rings. The van der Waals surface area contributed by atoms with Gasteiger partial charge < -0.3 is 15.3 Å². The van der Waals surface area contributed by atoms with Gasteiger partial charge in [-0.2, -0.15) is 0 Å². The number of piperidine rings is 2. The summed E-state index contributed by atoms with van der Waals surface area (Å²) in [4.78, 5) is 25.2. The van der Waals surface area contributed by atoms with Crippen molar-refractivity contribution in [3.05, 3.63) is 0 Å². The van der Waals surface area contributed by atoms with E-state index in [4.69, 9.17) is 5.11 Å². The van der Waals surface area contributed by atoms with E-state index in [1.807, 2.05) is 0 Å². The van der Waals surface area contributed by atoms with Crippen LogP contribution in [-0.4, -0.2) is 47.1 Å². The van der Waals surface area contributed by atoms with Crippen LogP contribution < -0.4 is 5.32 Å². The zero-order valence-corrected chi connectivity index (χ0v) is 11.9. The molecule has 20 heavy (non-hydrogen) atoms. The third-order valence-electron chi connectivity index (χ3n) is 5.16. The fourth-order valence-corrected chi connectivity index (χ4v) is 4.12. The first kappa shape index (κ1) is 13.9. The van der Waals surface area contributed by atoms with Crippen molar-refractivity contribution in [2.24, 2.45) is 11.8 Å². The number of hydrogen-bond donors (Lipinski definition) is 2. The number of amides is 1. The van der Waals surface area contributed by atoms with E-state index in [0.717, 1.165) is 25.8 Å². The summed E-state index contributed by atoms with van der Waals surface area (Å²) in [6.45, 7) is 1.15. The molecule has 3 aliphatic heterocycles. The quantitative estimate of drug-likeness (QED) is 0.816. The number of aliphatic carboxylic acids is 1. The number of rotatable bonds is 3. The minimum absolute atomic E-state index is 0.169. The maximum absolute atomic E-state index is 12.4. The van der Waals surface area contributed by atoms with Crippen LogP contribution in [0.2, 0.25) is 0 Å². The molecule has 2 N–H and O–H groups in total. The van der Waals surface area contributed by atoms with Crippen molar-refractivity contribution >= 4 is 11.9 Å². The van der Waals surface area contributed by atoms with Crippen LogP contribution >= 0.6 is 0 Å². The second kappa shape index (κ2) is 5.72. The first-order valence-corrected chi connectivity index (χ1v) is 7.88. The Labute approximate surface area is 119 Å². The molecule has 112 valence electrons. The predicted octanol–water partition coefficient (Wildman–Crippen LogP) is 1.23. The highest BCUT2D eigenvalue weighted by atomic mass is 16.4. The van der Waals surface area contributed by atoms with Gasteiger partial charge in [0.25, 0.3) is 0 Å². The summed E-state index contributed by atoms with van der Waals surface area (Å²) in [5.41, 5.74) is 0. The van der Waals surface area contributed by atoms with E-state index in [1.54, 1.807) is 4.90 Å². The van der Waals surface area contributed by atoms with Gasteiger partial charge in [-0.15, -0.1) is 0 Å². The number of nitrogens with zero attached hydrogens (tertiary/aromatic N) is 1. The molecule has 3 heterocycles. The normalized spacial score (nSPS) is 36.9. The Morgan fingerprint density at radius 3 is 2.50 bits per heavy atom. The Morgan fingerprint density at radius 2 is 1.85 bits per heavy atom. The van der Waals surface area contributed by atoms with Crippen molar-refractivity contribution in [2.45, 2.75) is 57.0 Å². The largest absolute Gasteiger partial charge is 0.481 e. The second-order valence-electron chi connectivity index (χ2n) is 6.70. The monoisotopic (exact) mass is 280 g/mol. The topological polar surface area (TPSA) is 69.6 Å². The summed E-state index contributed by atoms with van der Waals surface area (Å²) in [6, 6.07) is 1.22. The van der Waals surface area contributed by atoms with Gasteiger partial charge >= 0.3 is 5.97 Å². The van der Waals surface area contributed by atoms with Gasteiger partial charge in [0, 0.05) is 31.6 Å². The third kappa shape index (κ3) is 2.97. The molecule has 0 spiro atoms. The summed E-state index contributed by atoms with van der Waals surface area (Å²) >= 11 is 0. The molecule has 0 aromatic rings. The van der Waals surface area contributed by atoms with Gasteiger partial charge in [-0.1, -0.05) is 0 Å². The molecule has 5 nitrogen and oxygen atoms in total. The van der Waals surface area contributed by atoms with Crippen molar-refractivity contribution in [2.75, 3.05) is 13.1 Å². The molecule has 3 saturated heterocycles. The van der Waals surface area contributed by atoms with Gasteiger partial charge in [-0.25, -0.2) is 0 Å². The fraction of sp³-hybridized carbons (Fsp3) is 0.867. The molecule has 3 rings (SSSR count). The van der Waals surface area contributed by atoms with Crippen molar-refractivity contribution in [1.82, 2.24) is 10.2 Å². The Bertz CT molecular complexity index is 387. The SMILES string of the molecule is O=C(O)[C@@H]1CCCN(C(=O)CC2CC3CCC(C2)N3)C1. The highest BCUT2D eigenvalue weighted by Crippen LogP contribution is 2.33. The van der Waals surface area contributed by atoms with Gasteiger partial charge in [-0.05, 0) is 44.4 Å². The number of carboxylic acids is 1. The minimum Gasteiger partial charge on any atom is -0.481 e.